The number of aliphatic hydroxyl groups excluding tert-OH is 1. The van der Waals surface area contributed by atoms with Crippen LogP contribution in [0, 0.1) is 0 Å². The lowest BCUT2D eigenvalue weighted by molar-refractivity contribution is 0.100. The molecule has 5 nitrogen and oxygen atoms in total. The van der Waals surface area contributed by atoms with Gasteiger partial charge in [0.1, 0.15) is 11.8 Å². The number of ketones is 1. The number of allylic oxidation sites excluding steroid dienone is 1. The number of hydrogen-bond donors (Lipinski definition) is 1. The average Bonchev–Trinajstić information content (AvgIpc) is 3.01. The van der Waals surface area contributed by atoms with E-state index in [2.05, 4.69) is 10.2 Å². The third kappa shape index (κ3) is 3.30. The maximum atomic E-state index is 12.3. The lowest BCUT2D eigenvalue weighted by atomic mass is 10.2. The van der Waals surface area contributed by atoms with E-state index in [1.807, 2.05) is 18.2 Å². The van der Waals surface area contributed by atoms with Gasteiger partial charge in [-0.1, -0.05) is 29.8 Å². The fraction of sp³-hybridized carbons (Fsp3) is 0. The summed E-state index contributed by atoms with van der Waals surface area (Å²) in [5, 5.41) is 18.3. The Bertz CT molecular complexity index is 878. The number of azo groups is 1. The SMILES string of the molecule is O=C(C(=CO)N=Nc1ccc(Cl)cc1)c1cc2ccccc2o1. The quantitative estimate of drug-likeness (QED) is 0.299. The van der Waals surface area contributed by atoms with Crippen molar-refractivity contribution in [3.63, 3.8) is 0 Å². The number of para-hydroxylation sites is 1. The molecule has 0 fully saturated rings. The van der Waals surface area contributed by atoms with Crippen molar-refractivity contribution < 1.29 is 14.3 Å². The van der Waals surface area contributed by atoms with Gasteiger partial charge in [0.25, 0.3) is 5.78 Å². The Kier molecular flexibility index (Phi) is 4.21. The summed E-state index contributed by atoms with van der Waals surface area (Å²) in [6.45, 7) is 0. The molecule has 0 amide bonds. The third-order valence-corrected chi connectivity index (χ3v) is 3.36. The number of carbonyl (C=O) groups is 1. The highest BCUT2D eigenvalue weighted by atomic mass is 35.5. The molecule has 2 aromatic carbocycles. The number of nitrogens with zero attached hydrogens (tertiary/aromatic N) is 2. The lowest BCUT2D eigenvalue weighted by Gasteiger charge is -1.96. The number of halogens is 1. The van der Waals surface area contributed by atoms with Crippen molar-refractivity contribution in [2.24, 2.45) is 10.2 Å². The van der Waals surface area contributed by atoms with Crippen LogP contribution in [-0.4, -0.2) is 10.9 Å². The van der Waals surface area contributed by atoms with Gasteiger partial charge in [-0.25, -0.2) is 0 Å². The van der Waals surface area contributed by atoms with Crippen molar-refractivity contribution >= 4 is 34.0 Å². The van der Waals surface area contributed by atoms with E-state index in [4.69, 9.17) is 16.0 Å². The third-order valence-electron chi connectivity index (χ3n) is 3.10. The maximum Gasteiger partial charge on any atom is 0.251 e. The molecule has 0 aliphatic carbocycles. The van der Waals surface area contributed by atoms with Gasteiger partial charge < -0.3 is 9.52 Å². The first-order valence-corrected chi connectivity index (χ1v) is 7.10. The van der Waals surface area contributed by atoms with E-state index >= 15 is 0 Å². The molecule has 0 aliphatic heterocycles. The number of furan rings is 1. The zero-order valence-corrected chi connectivity index (χ0v) is 12.6. The fourth-order valence-corrected chi connectivity index (χ4v) is 2.10. The van der Waals surface area contributed by atoms with E-state index < -0.39 is 5.78 Å². The van der Waals surface area contributed by atoms with Crippen LogP contribution < -0.4 is 0 Å². The van der Waals surface area contributed by atoms with Crippen molar-refractivity contribution in [2.45, 2.75) is 0 Å². The van der Waals surface area contributed by atoms with Crippen molar-refractivity contribution in [3.05, 3.63) is 77.3 Å². The summed E-state index contributed by atoms with van der Waals surface area (Å²) < 4.78 is 5.46. The molecular weight excluding hydrogens is 316 g/mol. The van der Waals surface area contributed by atoms with Gasteiger partial charge in [-0.15, -0.1) is 5.11 Å². The molecule has 0 aliphatic rings. The van der Waals surface area contributed by atoms with Gasteiger partial charge in [0, 0.05) is 10.4 Å². The first-order chi connectivity index (χ1) is 11.2. The van der Waals surface area contributed by atoms with Crippen molar-refractivity contribution in [2.75, 3.05) is 0 Å². The lowest BCUT2D eigenvalue weighted by Crippen LogP contribution is -1.99. The maximum absolute atomic E-state index is 12.3. The van der Waals surface area contributed by atoms with Crippen LogP contribution in [0.25, 0.3) is 11.0 Å². The monoisotopic (exact) mass is 326 g/mol. The summed E-state index contributed by atoms with van der Waals surface area (Å²) in [5.74, 6) is -0.469. The highest BCUT2D eigenvalue weighted by Crippen LogP contribution is 2.22. The topological polar surface area (TPSA) is 75.2 Å². The highest BCUT2D eigenvalue weighted by molar-refractivity contribution is 6.30. The van der Waals surface area contributed by atoms with Crippen molar-refractivity contribution in [1.29, 1.82) is 0 Å². The first-order valence-electron chi connectivity index (χ1n) is 6.72. The van der Waals surface area contributed by atoms with Crippen LogP contribution in [0.15, 0.2) is 81.2 Å². The molecular formula is C17H11ClN2O3. The molecule has 0 bridgehead atoms. The zero-order chi connectivity index (χ0) is 16.2. The molecule has 1 aromatic heterocycles. The largest absolute Gasteiger partial charge is 0.513 e. The van der Waals surface area contributed by atoms with Crippen LogP contribution in [0.4, 0.5) is 5.69 Å². The number of carbonyl (C=O) groups excluding carboxylic acids is 1. The van der Waals surface area contributed by atoms with E-state index in [9.17, 15) is 9.90 Å². The van der Waals surface area contributed by atoms with E-state index in [1.165, 1.54) is 0 Å². The van der Waals surface area contributed by atoms with E-state index in [1.54, 1.807) is 36.4 Å². The minimum absolute atomic E-state index is 0.0848. The predicted molar refractivity (Wildman–Crippen MR) is 87.2 cm³/mol. The first kappa shape index (κ1) is 15.0. The normalized spacial score (nSPS) is 12.1. The predicted octanol–water partition coefficient (Wildman–Crippen LogP) is 5.45. The van der Waals surface area contributed by atoms with Crippen LogP contribution in [-0.2, 0) is 0 Å². The Morgan fingerprint density at radius 2 is 1.87 bits per heavy atom. The number of Topliss-reactive ketones (excluding diaryl/α,β-unsaturated/α-hetero) is 1. The minimum Gasteiger partial charge on any atom is -0.513 e. The highest BCUT2D eigenvalue weighted by Gasteiger charge is 2.17. The van der Waals surface area contributed by atoms with Gasteiger partial charge in [0.2, 0.25) is 0 Å². The summed E-state index contributed by atoms with van der Waals surface area (Å²) in [6, 6.07) is 15.4. The molecule has 0 spiro atoms. The van der Waals surface area contributed by atoms with Gasteiger partial charge in [-0.3, -0.25) is 4.79 Å². The van der Waals surface area contributed by atoms with Crippen LogP contribution >= 0.6 is 11.6 Å². The number of fused-ring (bicyclic) bond motifs is 1. The molecule has 23 heavy (non-hydrogen) atoms. The van der Waals surface area contributed by atoms with Gasteiger partial charge in [0.05, 0.1) is 5.69 Å². The Morgan fingerprint density at radius 1 is 1.13 bits per heavy atom. The number of hydrogen-bond acceptors (Lipinski definition) is 5. The molecule has 3 rings (SSSR count). The van der Waals surface area contributed by atoms with E-state index in [0.717, 1.165) is 5.39 Å². The Labute approximate surface area is 136 Å². The molecule has 6 heteroatoms. The zero-order valence-electron chi connectivity index (χ0n) is 11.8. The molecule has 1 heterocycles. The van der Waals surface area contributed by atoms with E-state index in [0.29, 0.717) is 22.6 Å². The Morgan fingerprint density at radius 3 is 2.57 bits per heavy atom. The van der Waals surface area contributed by atoms with Crippen LogP contribution in [0.2, 0.25) is 5.02 Å². The second kappa shape index (κ2) is 6.46. The molecule has 3 aromatic rings. The molecule has 0 atom stereocenters. The summed E-state index contributed by atoms with van der Waals surface area (Å²) >= 11 is 5.78. The molecule has 0 radical (unpaired) electrons. The van der Waals surface area contributed by atoms with Crippen molar-refractivity contribution in [1.82, 2.24) is 0 Å². The standard InChI is InChI=1S/C17H11ClN2O3/c18-12-5-7-13(8-6-12)19-20-14(10-21)17(22)16-9-11-3-1-2-4-15(11)23-16/h1-10,21H. The number of rotatable bonds is 4. The molecule has 1 N–H and O–H groups in total. The van der Waals surface area contributed by atoms with Crippen LogP contribution in [0.5, 0.6) is 0 Å². The molecule has 114 valence electrons. The van der Waals surface area contributed by atoms with Gasteiger partial charge in [0.15, 0.2) is 11.5 Å². The van der Waals surface area contributed by atoms with Gasteiger partial charge >= 0.3 is 0 Å². The molecule has 0 saturated heterocycles. The summed E-state index contributed by atoms with van der Waals surface area (Å²) in [4.78, 5) is 12.3. The van der Waals surface area contributed by atoms with E-state index in [-0.39, 0.29) is 11.5 Å². The fourth-order valence-electron chi connectivity index (χ4n) is 1.97. The molecule has 0 unspecified atom stereocenters. The summed E-state index contributed by atoms with van der Waals surface area (Å²) in [5.41, 5.74) is 0.868. The average molecular weight is 327 g/mol. The Balaban J connectivity index is 1.85. The Hall–Kier alpha value is -2.92. The van der Waals surface area contributed by atoms with Crippen molar-refractivity contribution in [3.8, 4) is 0 Å². The van der Waals surface area contributed by atoms with Crippen LogP contribution in [0.3, 0.4) is 0 Å². The summed E-state index contributed by atoms with van der Waals surface area (Å²) in [7, 11) is 0. The van der Waals surface area contributed by atoms with Crippen LogP contribution in [0.1, 0.15) is 10.6 Å². The van der Waals surface area contributed by atoms with Gasteiger partial charge in [-0.2, -0.15) is 5.11 Å². The van der Waals surface area contributed by atoms with Gasteiger partial charge in [-0.05, 0) is 36.4 Å². The second-order valence-corrected chi connectivity index (χ2v) is 5.10. The smallest absolute Gasteiger partial charge is 0.251 e. The summed E-state index contributed by atoms with van der Waals surface area (Å²) in [6.07, 6.45) is 0.606. The minimum atomic E-state index is -0.554. The molecule has 0 saturated carbocycles. The number of benzene rings is 2. The second-order valence-electron chi connectivity index (χ2n) is 4.67. The number of aliphatic hydroxyl groups is 1.